The molecule has 7 heteroatoms. The van der Waals surface area contributed by atoms with Gasteiger partial charge >= 0.3 is 5.97 Å². The lowest BCUT2D eigenvalue weighted by atomic mass is 10.1. The topological polar surface area (TPSA) is 85.7 Å². The van der Waals surface area contributed by atoms with Crippen LogP contribution in [0.2, 0.25) is 5.15 Å². The third-order valence-corrected chi connectivity index (χ3v) is 2.60. The number of nitrogens with one attached hydrogen (secondary N) is 1. The van der Waals surface area contributed by atoms with Gasteiger partial charge in [0.05, 0.1) is 5.60 Å². The highest BCUT2D eigenvalue weighted by Gasteiger charge is 2.22. The monoisotopic (exact) mass is 287 g/mol. The van der Waals surface area contributed by atoms with Crippen molar-refractivity contribution < 1.29 is 15.0 Å². The minimum atomic E-state index is -1.10. The Kier molecular flexibility index (Phi) is 5.11. The molecule has 0 fully saturated rings. The maximum Gasteiger partial charge on any atom is 0.339 e. The van der Waals surface area contributed by atoms with Crippen molar-refractivity contribution in [3.63, 3.8) is 0 Å². The first kappa shape index (κ1) is 15.7. The number of carbonyl (C=O) groups is 1. The Morgan fingerprint density at radius 1 is 1.53 bits per heavy atom. The zero-order valence-corrected chi connectivity index (χ0v) is 11.9. The molecule has 1 atom stereocenters. The lowest BCUT2D eigenvalue weighted by Gasteiger charge is -2.27. The van der Waals surface area contributed by atoms with Gasteiger partial charge in [0.15, 0.2) is 0 Å². The number of pyridine rings is 1. The molecule has 1 aromatic rings. The number of rotatable bonds is 6. The number of anilines is 1. The van der Waals surface area contributed by atoms with Gasteiger partial charge in [-0.25, -0.2) is 9.78 Å². The molecule has 1 unspecified atom stereocenters. The van der Waals surface area contributed by atoms with Crippen LogP contribution in [0.15, 0.2) is 12.1 Å². The first-order valence-electron chi connectivity index (χ1n) is 5.72. The van der Waals surface area contributed by atoms with E-state index in [1.807, 2.05) is 19.0 Å². The van der Waals surface area contributed by atoms with Crippen molar-refractivity contribution in [2.45, 2.75) is 12.5 Å². The summed E-state index contributed by atoms with van der Waals surface area (Å²) in [4.78, 5) is 16.8. The smallest absolute Gasteiger partial charge is 0.339 e. The first-order valence-corrected chi connectivity index (χ1v) is 6.10. The van der Waals surface area contributed by atoms with E-state index in [1.165, 1.54) is 12.1 Å². The number of halogens is 1. The van der Waals surface area contributed by atoms with Crippen LogP contribution in [0.4, 0.5) is 5.82 Å². The molecule has 0 bridgehead atoms. The van der Waals surface area contributed by atoms with Crippen molar-refractivity contribution in [1.82, 2.24) is 9.88 Å². The average Bonchev–Trinajstić information content (AvgIpc) is 2.24. The van der Waals surface area contributed by atoms with Crippen LogP contribution in [0, 0.1) is 0 Å². The van der Waals surface area contributed by atoms with Gasteiger partial charge in [-0.05, 0) is 33.2 Å². The van der Waals surface area contributed by atoms with Crippen molar-refractivity contribution in [1.29, 1.82) is 0 Å². The molecular weight excluding hydrogens is 270 g/mol. The summed E-state index contributed by atoms with van der Waals surface area (Å²) in [5, 5.41) is 22.2. The number of aromatic carboxylic acids is 1. The van der Waals surface area contributed by atoms with E-state index in [1.54, 1.807) is 6.92 Å². The number of hydrogen-bond acceptors (Lipinski definition) is 5. The minimum Gasteiger partial charge on any atom is -0.478 e. The zero-order valence-electron chi connectivity index (χ0n) is 11.1. The molecule has 19 heavy (non-hydrogen) atoms. The first-order chi connectivity index (χ1) is 8.71. The van der Waals surface area contributed by atoms with Gasteiger partial charge in [0.2, 0.25) is 0 Å². The Balaban J connectivity index is 2.82. The van der Waals surface area contributed by atoms with E-state index in [9.17, 15) is 9.90 Å². The van der Waals surface area contributed by atoms with Crippen LogP contribution in [0.25, 0.3) is 0 Å². The molecule has 0 radical (unpaired) electrons. The van der Waals surface area contributed by atoms with Crippen LogP contribution in [0.1, 0.15) is 17.3 Å². The van der Waals surface area contributed by atoms with Gasteiger partial charge in [0.25, 0.3) is 0 Å². The van der Waals surface area contributed by atoms with E-state index in [0.29, 0.717) is 6.54 Å². The molecule has 1 rings (SSSR count). The second-order valence-corrected chi connectivity index (χ2v) is 5.31. The van der Waals surface area contributed by atoms with Crippen molar-refractivity contribution in [2.75, 3.05) is 32.5 Å². The van der Waals surface area contributed by atoms with E-state index in [-0.39, 0.29) is 23.1 Å². The molecule has 106 valence electrons. The summed E-state index contributed by atoms with van der Waals surface area (Å²) in [6, 6.07) is 2.79. The van der Waals surface area contributed by atoms with Crippen LogP contribution in [-0.4, -0.2) is 58.9 Å². The summed E-state index contributed by atoms with van der Waals surface area (Å²) >= 11 is 5.74. The number of aliphatic hydroxyl groups is 1. The van der Waals surface area contributed by atoms with Crippen molar-refractivity contribution in [3.05, 3.63) is 22.8 Å². The fourth-order valence-electron chi connectivity index (χ4n) is 1.75. The number of hydrogen-bond donors (Lipinski definition) is 3. The molecule has 0 aliphatic carbocycles. The summed E-state index contributed by atoms with van der Waals surface area (Å²) in [6.45, 7) is 2.26. The molecule has 0 saturated carbocycles. The molecule has 1 aromatic heterocycles. The lowest BCUT2D eigenvalue weighted by molar-refractivity contribution is 0.0457. The van der Waals surface area contributed by atoms with E-state index < -0.39 is 11.6 Å². The average molecular weight is 288 g/mol. The predicted octanol–water partition coefficient (Wildman–Crippen LogP) is 1.16. The molecule has 0 spiro atoms. The molecule has 0 aliphatic rings. The number of likely N-dealkylation sites (N-methyl/N-ethyl adjacent to an activating group) is 1. The lowest BCUT2D eigenvalue weighted by Crippen LogP contribution is -2.43. The third kappa shape index (κ3) is 5.02. The Bertz CT molecular complexity index is 464. The molecule has 0 amide bonds. The van der Waals surface area contributed by atoms with Gasteiger partial charge in [0, 0.05) is 13.1 Å². The van der Waals surface area contributed by atoms with Crippen LogP contribution >= 0.6 is 11.6 Å². The van der Waals surface area contributed by atoms with Crippen molar-refractivity contribution in [3.8, 4) is 0 Å². The maximum atomic E-state index is 11.0. The maximum absolute atomic E-state index is 11.0. The van der Waals surface area contributed by atoms with E-state index in [0.717, 1.165) is 0 Å². The largest absolute Gasteiger partial charge is 0.478 e. The number of aromatic nitrogens is 1. The highest BCUT2D eigenvalue weighted by molar-refractivity contribution is 6.29. The van der Waals surface area contributed by atoms with Gasteiger partial charge in [-0.3, -0.25) is 0 Å². The standard InChI is InChI=1S/C12H18ClN3O3/c1-12(19,7-16(2)3)6-14-10-8(11(17)18)4-5-9(13)15-10/h4-5,19H,6-7H2,1-3H3,(H,14,15)(H,17,18). The third-order valence-electron chi connectivity index (χ3n) is 2.39. The van der Waals surface area contributed by atoms with E-state index in [2.05, 4.69) is 10.3 Å². The number of nitrogens with zero attached hydrogens (tertiary/aromatic N) is 2. The molecule has 0 aliphatic heterocycles. The fourth-order valence-corrected chi connectivity index (χ4v) is 1.90. The normalized spacial score (nSPS) is 14.2. The summed E-state index contributed by atoms with van der Waals surface area (Å²) in [7, 11) is 3.68. The SMILES string of the molecule is CN(C)CC(C)(O)CNc1nc(Cl)ccc1C(=O)O. The Morgan fingerprint density at radius 2 is 2.16 bits per heavy atom. The van der Waals surface area contributed by atoms with E-state index >= 15 is 0 Å². The molecule has 0 saturated heterocycles. The van der Waals surface area contributed by atoms with Gasteiger partial charge < -0.3 is 20.4 Å². The Hall–Kier alpha value is -1.37. The minimum absolute atomic E-state index is 0.0186. The van der Waals surface area contributed by atoms with Crippen molar-refractivity contribution >= 4 is 23.4 Å². The molecular formula is C12H18ClN3O3. The van der Waals surface area contributed by atoms with Gasteiger partial charge in [-0.2, -0.15) is 0 Å². The van der Waals surface area contributed by atoms with Crippen LogP contribution < -0.4 is 5.32 Å². The van der Waals surface area contributed by atoms with Gasteiger partial charge in [0.1, 0.15) is 16.5 Å². The molecule has 3 N–H and O–H groups in total. The Morgan fingerprint density at radius 3 is 2.68 bits per heavy atom. The summed E-state index contributed by atoms with van der Waals surface area (Å²) in [6.07, 6.45) is 0. The summed E-state index contributed by atoms with van der Waals surface area (Å²) < 4.78 is 0. The van der Waals surface area contributed by atoms with Gasteiger partial charge in [-0.1, -0.05) is 11.6 Å². The molecule has 0 aromatic carbocycles. The predicted molar refractivity (Wildman–Crippen MR) is 73.9 cm³/mol. The highest BCUT2D eigenvalue weighted by atomic mass is 35.5. The summed E-state index contributed by atoms with van der Waals surface area (Å²) in [5.41, 5.74) is -0.992. The Labute approximate surface area is 117 Å². The van der Waals surface area contributed by atoms with Crippen LogP contribution in [0.5, 0.6) is 0 Å². The van der Waals surface area contributed by atoms with E-state index in [4.69, 9.17) is 16.7 Å². The quantitative estimate of drug-likeness (QED) is 0.681. The summed E-state index contributed by atoms with van der Waals surface area (Å²) in [5.74, 6) is -0.946. The molecule has 1 heterocycles. The number of carboxylic acid groups (broad SMARTS) is 1. The number of carboxylic acids is 1. The van der Waals surface area contributed by atoms with Crippen LogP contribution in [0.3, 0.4) is 0 Å². The zero-order chi connectivity index (χ0) is 14.6. The second kappa shape index (κ2) is 6.18. The molecule has 6 nitrogen and oxygen atoms in total. The fraction of sp³-hybridized carbons (Fsp3) is 0.500. The van der Waals surface area contributed by atoms with Crippen molar-refractivity contribution in [2.24, 2.45) is 0 Å². The van der Waals surface area contributed by atoms with Crippen LogP contribution in [-0.2, 0) is 0 Å². The second-order valence-electron chi connectivity index (χ2n) is 4.92. The van der Waals surface area contributed by atoms with Gasteiger partial charge in [-0.15, -0.1) is 0 Å². The highest BCUT2D eigenvalue weighted by Crippen LogP contribution is 2.17.